The van der Waals surface area contributed by atoms with Crippen molar-refractivity contribution in [3.8, 4) is 0 Å². The normalized spacial score (nSPS) is 14.9. The smallest absolute Gasteiger partial charge is 0.131 e. The zero-order valence-corrected chi connectivity index (χ0v) is 10.7. The van der Waals surface area contributed by atoms with Crippen molar-refractivity contribution in [2.75, 3.05) is 30.3 Å². The zero-order chi connectivity index (χ0) is 12.9. The molecule has 0 spiro atoms. The van der Waals surface area contributed by atoms with Crippen LogP contribution in [0.2, 0.25) is 0 Å². The Morgan fingerprint density at radius 3 is 2.89 bits per heavy atom. The van der Waals surface area contributed by atoms with Crippen LogP contribution in [-0.4, -0.2) is 40.6 Å². The summed E-state index contributed by atoms with van der Waals surface area (Å²) in [5, 5.41) is 9.90. The van der Waals surface area contributed by atoms with Crippen LogP contribution in [0, 0.1) is 0 Å². The van der Waals surface area contributed by atoms with Crippen molar-refractivity contribution in [1.29, 1.82) is 0 Å². The number of hydrogen-bond acceptors (Lipinski definition) is 5. The molecule has 2 aromatic rings. The molecule has 0 amide bonds. The first-order valence-electron chi connectivity index (χ1n) is 6.55. The Balaban J connectivity index is 1.50. The Morgan fingerprint density at radius 2 is 2.16 bits per heavy atom. The maximum absolute atomic E-state index is 4.22. The van der Waals surface area contributed by atoms with Gasteiger partial charge in [0.2, 0.25) is 0 Å². The van der Waals surface area contributed by atoms with Gasteiger partial charge in [-0.25, -0.2) is 9.97 Å². The van der Waals surface area contributed by atoms with Crippen molar-refractivity contribution in [2.45, 2.75) is 12.5 Å². The lowest BCUT2D eigenvalue weighted by atomic mass is 10.2. The third-order valence-corrected chi connectivity index (χ3v) is 3.18. The minimum Gasteiger partial charge on any atom is -0.370 e. The van der Waals surface area contributed by atoms with Crippen LogP contribution in [0.15, 0.2) is 30.9 Å². The summed E-state index contributed by atoms with van der Waals surface area (Å²) in [5.74, 6) is 1.74. The quantitative estimate of drug-likeness (QED) is 0.618. The van der Waals surface area contributed by atoms with Crippen molar-refractivity contribution >= 4 is 11.6 Å². The Kier molecular flexibility index (Phi) is 3.60. The molecule has 19 heavy (non-hydrogen) atoms. The topological polar surface area (TPSA) is 77.7 Å². The number of rotatable bonds is 6. The minimum atomic E-state index is 0.489. The zero-order valence-electron chi connectivity index (χ0n) is 10.7. The standard InChI is InChI=1S/C13H18N6/c1-3-14-6-10(1)2-4-16-12-5-13(18-9-17-12)19-11-7-15-8-11/h1,3,5-6,9,11,14-15H,2,4,7-8H2,(H2,16,17,18,19). The van der Waals surface area contributed by atoms with Crippen molar-refractivity contribution in [2.24, 2.45) is 0 Å². The van der Waals surface area contributed by atoms with Crippen molar-refractivity contribution in [3.63, 3.8) is 0 Å². The van der Waals surface area contributed by atoms with E-state index in [0.29, 0.717) is 6.04 Å². The molecule has 3 heterocycles. The number of aromatic amines is 1. The summed E-state index contributed by atoms with van der Waals surface area (Å²) in [6.45, 7) is 2.86. The van der Waals surface area contributed by atoms with Gasteiger partial charge < -0.3 is 20.9 Å². The van der Waals surface area contributed by atoms with Crippen molar-refractivity contribution in [1.82, 2.24) is 20.3 Å². The molecular weight excluding hydrogens is 240 g/mol. The number of aromatic nitrogens is 3. The van der Waals surface area contributed by atoms with Crippen molar-refractivity contribution < 1.29 is 0 Å². The predicted molar refractivity (Wildman–Crippen MR) is 75.3 cm³/mol. The van der Waals surface area contributed by atoms with Crippen LogP contribution in [0.5, 0.6) is 0 Å². The van der Waals surface area contributed by atoms with E-state index in [1.54, 1.807) is 6.33 Å². The molecular formula is C13H18N6. The Labute approximate surface area is 112 Å². The summed E-state index contributed by atoms with van der Waals surface area (Å²) < 4.78 is 0. The molecule has 0 atom stereocenters. The van der Waals surface area contributed by atoms with E-state index in [1.165, 1.54) is 5.56 Å². The Morgan fingerprint density at radius 1 is 1.26 bits per heavy atom. The van der Waals surface area contributed by atoms with E-state index < -0.39 is 0 Å². The van der Waals surface area contributed by atoms with Crippen LogP contribution in [0.3, 0.4) is 0 Å². The molecule has 1 saturated heterocycles. The van der Waals surface area contributed by atoms with E-state index in [0.717, 1.165) is 37.7 Å². The molecule has 3 rings (SSSR count). The van der Waals surface area contributed by atoms with Crippen LogP contribution < -0.4 is 16.0 Å². The number of nitrogens with one attached hydrogen (secondary N) is 4. The predicted octanol–water partition coefficient (Wildman–Crippen LogP) is 0.843. The largest absolute Gasteiger partial charge is 0.370 e. The van der Waals surface area contributed by atoms with Gasteiger partial charge in [-0.05, 0) is 18.1 Å². The first-order chi connectivity index (χ1) is 9.40. The van der Waals surface area contributed by atoms with Gasteiger partial charge in [0, 0.05) is 38.1 Å². The molecule has 0 aromatic carbocycles. The number of anilines is 2. The molecule has 0 radical (unpaired) electrons. The van der Waals surface area contributed by atoms with Gasteiger partial charge in [0.05, 0.1) is 6.04 Å². The van der Waals surface area contributed by atoms with Crippen LogP contribution >= 0.6 is 0 Å². The second kappa shape index (κ2) is 5.71. The molecule has 0 unspecified atom stereocenters. The molecule has 1 aliphatic rings. The summed E-state index contributed by atoms with van der Waals surface area (Å²) in [4.78, 5) is 11.5. The summed E-state index contributed by atoms with van der Waals surface area (Å²) in [6, 6.07) is 4.52. The van der Waals surface area contributed by atoms with Crippen LogP contribution in [0.1, 0.15) is 5.56 Å². The van der Waals surface area contributed by atoms with Gasteiger partial charge in [0.15, 0.2) is 0 Å². The molecule has 0 aliphatic carbocycles. The lowest BCUT2D eigenvalue weighted by molar-refractivity contribution is 0.471. The fourth-order valence-corrected chi connectivity index (χ4v) is 1.98. The van der Waals surface area contributed by atoms with E-state index in [9.17, 15) is 0 Å². The van der Waals surface area contributed by atoms with Crippen LogP contribution in [0.25, 0.3) is 0 Å². The monoisotopic (exact) mass is 258 g/mol. The highest BCUT2D eigenvalue weighted by atomic mass is 15.1. The van der Waals surface area contributed by atoms with Crippen LogP contribution in [-0.2, 0) is 6.42 Å². The number of nitrogens with zero attached hydrogens (tertiary/aromatic N) is 2. The average Bonchev–Trinajstić information content (AvgIpc) is 2.88. The molecule has 1 fully saturated rings. The highest BCUT2D eigenvalue weighted by Gasteiger charge is 2.16. The van der Waals surface area contributed by atoms with E-state index in [1.807, 2.05) is 18.5 Å². The van der Waals surface area contributed by atoms with E-state index in [-0.39, 0.29) is 0 Å². The molecule has 0 saturated carbocycles. The Bertz CT molecular complexity index is 506. The number of hydrogen-bond donors (Lipinski definition) is 4. The highest BCUT2D eigenvalue weighted by Crippen LogP contribution is 2.11. The molecule has 2 aromatic heterocycles. The molecule has 4 N–H and O–H groups in total. The van der Waals surface area contributed by atoms with Crippen LogP contribution in [0.4, 0.5) is 11.6 Å². The number of H-pyrrole nitrogens is 1. The fraction of sp³-hybridized carbons (Fsp3) is 0.385. The Hall–Kier alpha value is -2.08. The van der Waals surface area contributed by atoms with Crippen molar-refractivity contribution in [3.05, 3.63) is 36.4 Å². The fourth-order valence-electron chi connectivity index (χ4n) is 1.98. The SMILES string of the molecule is c1nc(NCCc2cc[nH]c2)cc(NC2CNC2)n1. The maximum atomic E-state index is 4.22. The summed E-state index contributed by atoms with van der Waals surface area (Å²) in [5.41, 5.74) is 1.29. The summed E-state index contributed by atoms with van der Waals surface area (Å²) in [6.07, 6.45) is 6.52. The van der Waals surface area contributed by atoms with E-state index in [4.69, 9.17) is 0 Å². The third-order valence-electron chi connectivity index (χ3n) is 3.18. The van der Waals surface area contributed by atoms with E-state index in [2.05, 4.69) is 37.0 Å². The lowest BCUT2D eigenvalue weighted by Gasteiger charge is -2.28. The minimum absolute atomic E-state index is 0.489. The van der Waals surface area contributed by atoms with Gasteiger partial charge in [-0.1, -0.05) is 0 Å². The van der Waals surface area contributed by atoms with Gasteiger partial charge in [-0.2, -0.15) is 0 Å². The van der Waals surface area contributed by atoms with Gasteiger partial charge in [-0.15, -0.1) is 0 Å². The van der Waals surface area contributed by atoms with E-state index >= 15 is 0 Å². The second-order valence-corrected chi connectivity index (χ2v) is 4.68. The maximum Gasteiger partial charge on any atom is 0.131 e. The second-order valence-electron chi connectivity index (χ2n) is 4.68. The molecule has 100 valence electrons. The molecule has 6 nitrogen and oxygen atoms in total. The summed E-state index contributed by atoms with van der Waals surface area (Å²) in [7, 11) is 0. The van der Waals surface area contributed by atoms with Gasteiger partial charge >= 0.3 is 0 Å². The highest BCUT2D eigenvalue weighted by molar-refractivity contribution is 5.47. The van der Waals surface area contributed by atoms with Gasteiger partial charge in [-0.3, -0.25) is 0 Å². The molecule has 6 heteroatoms. The first kappa shape index (κ1) is 12.0. The third kappa shape index (κ3) is 3.23. The molecule has 0 bridgehead atoms. The average molecular weight is 258 g/mol. The molecule has 1 aliphatic heterocycles. The first-order valence-corrected chi connectivity index (χ1v) is 6.55. The lowest BCUT2D eigenvalue weighted by Crippen LogP contribution is -2.51. The summed E-state index contributed by atoms with van der Waals surface area (Å²) >= 11 is 0. The van der Waals surface area contributed by atoms with Gasteiger partial charge in [0.1, 0.15) is 18.0 Å². The van der Waals surface area contributed by atoms with Gasteiger partial charge in [0.25, 0.3) is 0 Å².